The van der Waals surface area contributed by atoms with Crippen LogP contribution < -0.4 is 5.73 Å². The molecule has 3 heteroatoms. The van der Waals surface area contributed by atoms with Gasteiger partial charge >= 0.3 is 0 Å². The summed E-state index contributed by atoms with van der Waals surface area (Å²) in [4.78, 5) is 2.62. The minimum atomic E-state index is 0.221. The third-order valence-corrected chi connectivity index (χ3v) is 4.65. The normalized spacial score (nSPS) is 31.8. The van der Waals surface area contributed by atoms with Crippen molar-refractivity contribution in [2.24, 2.45) is 5.73 Å². The minimum absolute atomic E-state index is 0.221. The zero-order chi connectivity index (χ0) is 12.9. The maximum Gasteiger partial charge on any atom is 0.0572 e. The SMILES string of the molecule is CCC(C)N(CC)C1(CN)CCC(OC)CC1. The maximum atomic E-state index is 6.11. The van der Waals surface area contributed by atoms with E-state index in [0.29, 0.717) is 12.1 Å². The average Bonchev–Trinajstić information content (AvgIpc) is 2.39. The molecule has 102 valence electrons. The summed E-state index contributed by atoms with van der Waals surface area (Å²) in [5.74, 6) is 0. The van der Waals surface area contributed by atoms with Crippen LogP contribution >= 0.6 is 0 Å². The molecule has 0 spiro atoms. The van der Waals surface area contributed by atoms with E-state index in [4.69, 9.17) is 10.5 Å². The van der Waals surface area contributed by atoms with Crippen molar-refractivity contribution in [3.8, 4) is 0 Å². The van der Waals surface area contributed by atoms with Crippen LogP contribution in [0.15, 0.2) is 0 Å². The van der Waals surface area contributed by atoms with Crippen molar-refractivity contribution in [2.45, 2.75) is 70.6 Å². The molecule has 0 aliphatic heterocycles. The molecule has 0 saturated heterocycles. The smallest absolute Gasteiger partial charge is 0.0572 e. The molecular formula is C14H30N2O. The lowest BCUT2D eigenvalue weighted by molar-refractivity contribution is -0.0214. The summed E-state index contributed by atoms with van der Waals surface area (Å²) in [5, 5.41) is 0. The van der Waals surface area contributed by atoms with Gasteiger partial charge in [0.15, 0.2) is 0 Å². The Hall–Kier alpha value is -0.120. The van der Waals surface area contributed by atoms with Crippen LogP contribution in [0.2, 0.25) is 0 Å². The van der Waals surface area contributed by atoms with Crippen LogP contribution in [-0.4, -0.2) is 42.8 Å². The van der Waals surface area contributed by atoms with Crippen LogP contribution in [0.5, 0.6) is 0 Å². The fraction of sp³-hybridized carbons (Fsp3) is 1.00. The van der Waals surface area contributed by atoms with Gasteiger partial charge in [0.25, 0.3) is 0 Å². The van der Waals surface area contributed by atoms with E-state index in [-0.39, 0.29) is 5.54 Å². The summed E-state index contributed by atoms with van der Waals surface area (Å²) < 4.78 is 5.47. The van der Waals surface area contributed by atoms with Crippen molar-refractivity contribution in [3.63, 3.8) is 0 Å². The van der Waals surface area contributed by atoms with Gasteiger partial charge in [0, 0.05) is 25.2 Å². The first-order chi connectivity index (χ1) is 8.13. The van der Waals surface area contributed by atoms with E-state index in [1.165, 1.54) is 19.3 Å². The fourth-order valence-corrected chi connectivity index (χ4v) is 3.31. The van der Waals surface area contributed by atoms with Gasteiger partial charge in [-0.2, -0.15) is 0 Å². The monoisotopic (exact) mass is 242 g/mol. The average molecular weight is 242 g/mol. The molecule has 0 radical (unpaired) electrons. The van der Waals surface area contributed by atoms with Gasteiger partial charge in [-0.1, -0.05) is 13.8 Å². The standard InChI is InChI=1S/C14H30N2O/c1-5-12(3)16(6-2)14(11-15)9-7-13(17-4)8-10-14/h12-13H,5-11,15H2,1-4H3. The molecule has 17 heavy (non-hydrogen) atoms. The number of nitrogens with zero attached hydrogens (tertiary/aromatic N) is 1. The Morgan fingerprint density at radius 3 is 2.29 bits per heavy atom. The van der Waals surface area contributed by atoms with Gasteiger partial charge in [-0.25, -0.2) is 0 Å². The molecule has 0 aromatic rings. The number of hydrogen-bond acceptors (Lipinski definition) is 3. The summed E-state index contributed by atoms with van der Waals surface area (Å²) in [6.45, 7) is 8.72. The Bertz CT molecular complexity index is 212. The molecule has 1 aliphatic rings. The fourth-order valence-electron chi connectivity index (χ4n) is 3.31. The highest BCUT2D eigenvalue weighted by molar-refractivity contribution is 4.97. The first-order valence-electron chi connectivity index (χ1n) is 7.13. The van der Waals surface area contributed by atoms with Crippen LogP contribution in [0.1, 0.15) is 52.9 Å². The molecule has 2 N–H and O–H groups in total. The number of nitrogens with two attached hydrogens (primary N) is 1. The molecular weight excluding hydrogens is 212 g/mol. The van der Waals surface area contributed by atoms with Crippen molar-refractivity contribution in [3.05, 3.63) is 0 Å². The van der Waals surface area contributed by atoms with Crippen LogP contribution in [0.25, 0.3) is 0 Å². The molecule has 1 fully saturated rings. The van der Waals surface area contributed by atoms with Gasteiger partial charge < -0.3 is 10.5 Å². The summed E-state index contributed by atoms with van der Waals surface area (Å²) >= 11 is 0. The van der Waals surface area contributed by atoms with E-state index in [2.05, 4.69) is 25.7 Å². The van der Waals surface area contributed by atoms with E-state index in [1.807, 2.05) is 7.11 Å². The molecule has 1 rings (SSSR count). The lowest BCUT2D eigenvalue weighted by Gasteiger charge is -2.49. The summed E-state index contributed by atoms with van der Waals surface area (Å²) in [6, 6.07) is 0.627. The van der Waals surface area contributed by atoms with Crippen molar-refractivity contribution in [1.82, 2.24) is 4.90 Å². The quantitative estimate of drug-likeness (QED) is 0.777. The Labute approximate surface area is 107 Å². The van der Waals surface area contributed by atoms with E-state index in [0.717, 1.165) is 25.9 Å². The Morgan fingerprint density at radius 2 is 1.94 bits per heavy atom. The number of rotatable bonds is 6. The minimum Gasteiger partial charge on any atom is -0.381 e. The Morgan fingerprint density at radius 1 is 1.35 bits per heavy atom. The van der Waals surface area contributed by atoms with Crippen LogP contribution in [0, 0.1) is 0 Å². The third kappa shape index (κ3) is 3.21. The van der Waals surface area contributed by atoms with Crippen molar-refractivity contribution < 1.29 is 4.74 Å². The topological polar surface area (TPSA) is 38.5 Å². The maximum absolute atomic E-state index is 6.11. The van der Waals surface area contributed by atoms with Gasteiger partial charge in [-0.15, -0.1) is 0 Å². The predicted octanol–water partition coefficient (Wildman–Crippen LogP) is 2.39. The van der Waals surface area contributed by atoms with Crippen molar-refractivity contribution >= 4 is 0 Å². The van der Waals surface area contributed by atoms with E-state index >= 15 is 0 Å². The second-order valence-electron chi connectivity index (χ2n) is 5.41. The molecule has 0 bridgehead atoms. The molecule has 1 atom stereocenters. The molecule has 3 nitrogen and oxygen atoms in total. The predicted molar refractivity (Wildman–Crippen MR) is 73.2 cm³/mol. The lowest BCUT2D eigenvalue weighted by atomic mass is 9.78. The first kappa shape index (κ1) is 14.9. The van der Waals surface area contributed by atoms with Gasteiger partial charge in [0.05, 0.1) is 6.10 Å². The molecule has 1 aliphatic carbocycles. The van der Waals surface area contributed by atoms with Crippen LogP contribution in [0.3, 0.4) is 0 Å². The number of likely N-dealkylation sites (N-methyl/N-ethyl adjacent to an activating group) is 1. The Balaban J connectivity index is 2.74. The molecule has 1 unspecified atom stereocenters. The van der Waals surface area contributed by atoms with Gasteiger partial charge in [0.2, 0.25) is 0 Å². The zero-order valence-electron chi connectivity index (χ0n) is 12.0. The first-order valence-corrected chi connectivity index (χ1v) is 7.13. The zero-order valence-corrected chi connectivity index (χ0v) is 12.0. The van der Waals surface area contributed by atoms with E-state index < -0.39 is 0 Å². The number of ether oxygens (including phenoxy) is 1. The lowest BCUT2D eigenvalue weighted by Crippen LogP contribution is -2.59. The van der Waals surface area contributed by atoms with Crippen molar-refractivity contribution in [1.29, 1.82) is 0 Å². The van der Waals surface area contributed by atoms with Crippen LogP contribution in [0.4, 0.5) is 0 Å². The summed E-state index contributed by atoms with van der Waals surface area (Å²) in [6.07, 6.45) is 6.32. The molecule has 1 saturated carbocycles. The van der Waals surface area contributed by atoms with Crippen LogP contribution in [-0.2, 0) is 4.74 Å². The summed E-state index contributed by atoms with van der Waals surface area (Å²) in [7, 11) is 1.83. The summed E-state index contributed by atoms with van der Waals surface area (Å²) in [5.41, 5.74) is 6.33. The highest BCUT2D eigenvalue weighted by Gasteiger charge is 2.40. The van der Waals surface area contributed by atoms with Gasteiger partial charge in [-0.05, 0) is 45.6 Å². The van der Waals surface area contributed by atoms with Gasteiger partial charge in [-0.3, -0.25) is 4.90 Å². The van der Waals surface area contributed by atoms with Gasteiger partial charge in [0.1, 0.15) is 0 Å². The second kappa shape index (κ2) is 6.72. The van der Waals surface area contributed by atoms with Crippen molar-refractivity contribution in [2.75, 3.05) is 20.2 Å². The molecule has 0 heterocycles. The molecule has 0 aromatic carbocycles. The van der Waals surface area contributed by atoms with E-state index in [9.17, 15) is 0 Å². The number of methoxy groups -OCH3 is 1. The highest BCUT2D eigenvalue weighted by atomic mass is 16.5. The Kier molecular flexibility index (Phi) is 5.90. The largest absolute Gasteiger partial charge is 0.381 e. The van der Waals surface area contributed by atoms with E-state index in [1.54, 1.807) is 0 Å². The molecule has 0 amide bonds. The highest BCUT2D eigenvalue weighted by Crippen LogP contribution is 2.35. The third-order valence-electron chi connectivity index (χ3n) is 4.65. The second-order valence-corrected chi connectivity index (χ2v) is 5.41. The molecule has 0 aromatic heterocycles. The number of hydrogen-bond donors (Lipinski definition) is 1.